The van der Waals surface area contributed by atoms with E-state index in [1.54, 1.807) is 0 Å². The van der Waals surface area contributed by atoms with E-state index >= 15 is 0 Å². The van der Waals surface area contributed by atoms with Gasteiger partial charge in [0.15, 0.2) is 0 Å². The van der Waals surface area contributed by atoms with Gasteiger partial charge >= 0.3 is 0 Å². The lowest BCUT2D eigenvalue weighted by Gasteiger charge is -2.10. The minimum Gasteiger partial charge on any atom is -0.493 e. The smallest absolute Gasteiger partial charge is 0.239 e. The van der Waals surface area contributed by atoms with Gasteiger partial charge in [0, 0.05) is 18.1 Å². The Morgan fingerprint density at radius 1 is 1.33 bits per heavy atom. The lowest BCUT2D eigenvalue weighted by atomic mass is 10.2. The van der Waals surface area contributed by atoms with E-state index in [-0.39, 0.29) is 5.91 Å². The fraction of sp³-hybridized carbons (Fsp3) is 0.471. The van der Waals surface area contributed by atoms with Crippen LogP contribution < -0.4 is 10.1 Å². The molecular weight excluding hydrogens is 264 g/mol. The van der Waals surface area contributed by atoms with Crippen LogP contribution in [0.3, 0.4) is 0 Å². The van der Waals surface area contributed by atoms with Gasteiger partial charge in [0.05, 0.1) is 12.1 Å². The fourth-order valence-electron chi connectivity index (χ4n) is 2.20. The van der Waals surface area contributed by atoms with Crippen LogP contribution in [0.15, 0.2) is 30.5 Å². The van der Waals surface area contributed by atoms with E-state index in [4.69, 9.17) is 4.74 Å². The summed E-state index contributed by atoms with van der Waals surface area (Å²) in [4.78, 5) is 12.0. The second-order valence-electron chi connectivity index (χ2n) is 5.68. The Labute approximate surface area is 126 Å². The number of carbonyl (C=O) groups is 1. The van der Waals surface area contributed by atoms with Crippen LogP contribution >= 0.6 is 0 Å². The summed E-state index contributed by atoms with van der Waals surface area (Å²) in [6, 6.07) is 7.97. The number of fused-ring (bicyclic) bond motifs is 1. The molecule has 2 aromatic rings. The first kappa shape index (κ1) is 15.4. The Hall–Kier alpha value is -1.97. The zero-order valence-electron chi connectivity index (χ0n) is 13.1. The van der Waals surface area contributed by atoms with Crippen LogP contribution in [-0.4, -0.2) is 23.6 Å². The number of aromatic nitrogens is 1. The van der Waals surface area contributed by atoms with Crippen molar-refractivity contribution in [2.45, 2.75) is 33.7 Å². The molecule has 1 N–H and O–H groups in total. The molecule has 0 atom stereocenters. The highest BCUT2D eigenvalue weighted by Gasteiger charge is 2.09. The number of hydrogen-bond donors (Lipinski definition) is 1. The summed E-state index contributed by atoms with van der Waals surface area (Å²) >= 11 is 0. The predicted octanol–water partition coefficient (Wildman–Crippen LogP) is 3.20. The van der Waals surface area contributed by atoms with E-state index in [2.05, 4.69) is 26.1 Å². The second-order valence-corrected chi connectivity index (χ2v) is 5.68. The van der Waals surface area contributed by atoms with Crippen molar-refractivity contribution in [1.82, 2.24) is 9.88 Å². The lowest BCUT2D eigenvalue weighted by molar-refractivity contribution is -0.121. The summed E-state index contributed by atoms with van der Waals surface area (Å²) in [5, 5.41) is 4.00. The van der Waals surface area contributed by atoms with Gasteiger partial charge in [0.25, 0.3) is 0 Å². The normalized spacial score (nSPS) is 11.0. The molecule has 0 bridgehead atoms. The van der Waals surface area contributed by atoms with Crippen LogP contribution in [0.4, 0.5) is 0 Å². The van der Waals surface area contributed by atoms with Gasteiger partial charge in [0.2, 0.25) is 5.91 Å². The number of benzene rings is 1. The maximum absolute atomic E-state index is 12.0. The third-order valence-electron chi connectivity index (χ3n) is 3.26. The molecule has 4 heteroatoms. The Balaban J connectivity index is 2.12. The highest BCUT2D eigenvalue weighted by Crippen LogP contribution is 2.26. The number of rotatable bonds is 7. The van der Waals surface area contributed by atoms with Crippen LogP contribution in [-0.2, 0) is 11.3 Å². The van der Waals surface area contributed by atoms with Gasteiger partial charge in [-0.3, -0.25) is 4.79 Å². The average molecular weight is 288 g/mol. The number of ether oxygens (including phenoxy) is 1. The summed E-state index contributed by atoms with van der Waals surface area (Å²) in [6.07, 6.45) is 2.92. The molecule has 0 saturated heterocycles. The lowest BCUT2D eigenvalue weighted by Crippen LogP contribution is -2.30. The van der Waals surface area contributed by atoms with Crippen molar-refractivity contribution < 1.29 is 9.53 Å². The van der Waals surface area contributed by atoms with Crippen molar-refractivity contribution in [3.63, 3.8) is 0 Å². The molecule has 4 nitrogen and oxygen atoms in total. The monoisotopic (exact) mass is 288 g/mol. The Morgan fingerprint density at radius 3 is 2.86 bits per heavy atom. The standard InChI is InChI=1S/C17H24N2O2/c1-4-10-21-16-7-5-6-15-14(16)8-9-19(15)12-17(20)18-11-13(2)3/h5-9,13H,4,10-12H2,1-3H3,(H,18,20). The molecule has 0 unspecified atom stereocenters. The van der Waals surface area contributed by atoms with Crippen LogP contribution in [0, 0.1) is 5.92 Å². The molecule has 1 aromatic carbocycles. The maximum atomic E-state index is 12.0. The molecule has 0 aliphatic heterocycles. The van der Waals surface area contributed by atoms with Crippen molar-refractivity contribution in [3.8, 4) is 5.75 Å². The topological polar surface area (TPSA) is 43.3 Å². The first-order valence-electron chi connectivity index (χ1n) is 7.59. The van der Waals surface area contributed by atoms with E-state index in [1.165, 1.54) is 0 Å². The first-order chi connectivity index (χ1) is 10.1. The number of nitrogens with one attached hydrogen (secondary N) is 1. The van der Waals surface area contributed by atoms with Crippen molar-refractivity contribution >= 4 is 16.8 Å². The molecule has 1 amide bonds. The van der Waals surface area contributed by atoms with E-state index < -0.39 is 0 Å². The van der Waals surface area contributed by atoms with Gasteiger partial charge in [0.1, 0.15) is 12.3 Å². The van der Waals surface area contributed by atoms with Crippen molar-refractivity contribution in [3.05, 3.63) is 30.5 Å². The molecule has 1 heterocycles. The summed E-state index contributed by atoms with van der Waals surface area (Å²) < 4.78 is 7.71. The minimum absolute atomic E-state index is 0.0427. The molecular formula is C17H24N2O2. The largest absolute Gasteiger partial charge is 0.493 e. The van der Waals surface area contributed by atoms with Gasteiger partial charge in [-0.1, -0.05) is 26.8 Å². The van der Waals surface area contributed by atoms with Crippen LogP contribution in [0.2, 0.25) is 0 Å². The Morgan fingerprint density at radius 2 is 2.14 bits per heavy atom. The predicted molar refractivity (Wildman–Crippen MR) is 85.6 cm³/mol. The Kier molecular flexibility index (Phi) is 5.26. The zero-order chi connectivity index (χ0) is 15.2. The van der Waals surface area contributed by atoms with E-state index in [0.29, 0.717) is 25.6 Å². The quantitative estimate of drug-likeness (QED) is 0.850. The van der Waals surface area contributed by atoms with Gasteiger partial charge in [-0.25, -0.2) is 0 Å². The fourth-order valence-corrected chi connectivity index (χ4v) is 2.20. The molecule has 0 fully saturated rings. The molecule has 2 rings (SSSR count). The molecule has 0 radical (unpaired) electrons. The molecule has 0 aliphatic rings. The number of carbonyl (C=O) groups excluding carboxylic acids is 1. The van der Waals surface area contributed by atoms with Crippen LogP contribution in [0.5, 0.6) is 5.75 Å². The van der Waals surface area contributed by atoms with Crippen molar-refractivity contribution in [2.24, 2.45) is 5.92 Å². The van der Waals surface area contributed by atoms with E-state index in [0.717, 1.165) is 23.1 Å². The molecule has 0 spiro atoms. The highest BCUT2D eigenvalue weighted by atomic mass is 16.5. The van der Waals surface area contributed by atoms with Crippen LogP contribution in [0.1, 0.15) is 27.2 Å². The van der Waals surface area contributed by atoms with E-state index in [9.17, 15) is 4.79 Å². The van der Waals surface area contributed by atoms with Gasteiger partial charge in [-0.05, 0) is 30.5 Å². The molecule has 1 aromatic heterocycles. The summed E-state index contributed by atoms with van der Waals surface area (Å²) in [6.45, 7) is 8.02. The van der Waals surface area contributed by atoms with Crippen LogP contribution in [0.25, 0.3) is 10.9 Å². The molecule has 114 valence electrons. The third kappa shape index (κ3) is 4.00. The number of nitrogens with zero attached hydrogens (tertiary/aromatic N) is 1. The maximum Gasteiger partial charge on any atom is 0.239 e. The van der Waals surface area contributed by atoms with Gasteiger partial charge in [-0.2, -0.15) is 0 Å². The average Bonchev–Trinajstić information content (AvgIpc) is 2.86. The summed E-state index contributed by atoms with van der Waals surface area (Å²) in [5.41, 5.74) is 1.03. The Bertz CT molecular complexity index is 602. The van der Waals surface area contributed by atoms with Gasteiger partial charge < -0.3 is 14.6 Å². The summed E-state index contributed by atoms with van der Waals surface area (Å²) in [5.74, 6) is 1.39. The molecule has 21 heavy (non-hydrogen) atoms. The molecule has 0 saturated carbocycles. The second kappa shape index (κ2) is 7.16. The van der Waals surface area contributed by atoms with Crippen molar-refractivity contribution in [2.75, 3.05) is 13.2 Å². The van der Waals surface area contributed by atoms with E-state index in [1.807, 2.05) is 35.0 Å². The number of hydrogen-bond acceptors (Lipinski definition) is 2. The highest BCUT2D eigenvalue weighted by molar-refractivity contribution is 5.88. The third-order valence-corrected chi connectivity index (χ3v) is 3.26. The minimum atomic E-state index is 0.0427. The SMILES string of the molecule is CCCOc1cccc2c1ccn2CC(=O)NCC(C)C. The zero-order valence-corrected chi connectivity index (χ0v) is 13.1. The molecule has 0 aliphatic carbocycles. The number of amides is 1. The van der Waals surface area contributed by atoms with Gasteiger partial charge in [-0.15, -0.1) is 0 Å². The summed E-state index contributed by atoms with van der Waals surface area (Å²) in [7, 11) is 0. The van der Waals surface area contributed by atoms with Crippen molar-refractivity contribution in [1.29, 1.82) is 0 Å². The first-order valence-corrected chi connectivity index (χ1v) is 7.59.